The van der Waals surface area contributed by atoms with Crippen molar-refractivity contribution in [1.29, 1.82) is 0 Å². The number of para-hydroxylation sites is 1. The summed E-state index contributed by atoms with van der Waals surface area (Å²) in [7, 11) is 0. The van der Waals surface area contributed by atoms with E-state index in [0.29, 0.717) is 25.9 Å². The number of benzene rings is 1. The van der Waals surface area contributed by atoms with Crippen molar-refractivity contribution >= 4 is 11.9 Å². The molecule has 0 saturated carbocycles. The van der Waals surface area contributed by atoms with Crippen LogP contribution in [0.25, 0.3) is 0 Å². The standard InChI is InChI=1S/C15H17NO4/c17-14(16-7-3-5-11(9-16)15(18)19)13-8-10-4-1-2-6-12(10)20-13/h1-2,4,6,11,13H,3,5,7-9H2,(H,18,19). The van der Waals surface area contributed by atoms with Crippen molar-refractivity contribution in [3.63, 3.8) is 0 Å². The third-order valence-corrected chi connectivity index (χ3v) is 4.00. The second kappa shape index (κ2) is 5.15. The number of rotatable bonds is 2. The van der Waals surface area contributed by atoms with Crippen molar-refractivity contribution in [2.75, 3.05) is 13.1 Å². The van der Waals surface area contributed by atoms with Gasteiger partial charge in [0.1, 0.15) is 5.75 Å². The Balaban J connectivity index is 1.67. The zero-order chi connectivity index (χ0) is 14.1. The number of carbonyl (C=O) groups excluding carboxylic acids is 1. The predicted octanol–water partition coefficient (Wildman–Crippen LogP) is 1.31. The second-order valence-electron chi connectivity index (χ2n) is 5.38. The molecule has 5 nitrogen and oxygen atoms in total. The van der Waals surface area contributed by atoms with Gasteiger partial charge in [-0.05, 0) is 24.5 Å². The van der Waals surface area contributed by atoms with Crippen molar-refractivity contribution in [3.8, 4) is 5.75 Å². The van der Waals surface area contributed by atoms with Crippen LogP contribution in [0.2, 0.25) is 0 Å². The molecule has 1 aromatic carbocycles. The van der Waals surface area contributed by atoms with Crippen molar-refractivity contribution in [2.45, 2.75) is 25.4 Å². The maximum absolute atomic E-state index is 12.4. The van der Waals surface area contributed by atoms with Crippen LogP contribution in [0.15, 0.2) is 24.3 Å². The molecule has 0 aromatic heterocycles. The Morgan fingerprint density at radius 3 is 2.85 bits per heavy atom. The van der Waals surface area contributed by atoms with Crippen LogP contribution >= 0.6 is 0 Å². The molecule has 106 valence electrons. The van der Waals surface area contributed by atoms with Gasteiger partial charge in [0.25, 0.3) is 5.91 Å². The average Bonchev–Trinajstić information content (AvgIpc) is 2.90. The number of fused-ring (bicyclic) bond motifs is 1. The third kappa shape index (κ3) is 2.35. The van der Waals surface area contributed by atoms with E-state index in [1.165, 1.54) is 0 Å². The van der Waals surface area contributed by atoms with Gasteiger partial charge in [-0.25, -0.2) is 0 Å². The Hall–Kier alpha value is -2.04. The lowest BCUT2D eigenvalue weighted by Gasteiger charge is -2.32. The van der Waals surface area contributed by atoms with Gasteiger partial charge in [0.2, 0.25) is 0 Å². The maximum Gasteiger partial charge on any atom is 0.308 e. The lowest BCUT2D eigenvalue weighted by Crippen LogP contribution is -2.47. The highest BCUT2D eigenvalue weighted by Gasteiger charge is 2.35. The SMILES string of the molecule is O=C(O)C1CCCN(C(=O)C2Cc3ccccc3O2)C1. The van der Waals surface area contributed by atoms with Crippen LogP contribution in [-0.2, 0) is 16.0 Å². The molecule has 2 unspecified atom stereocenters. The van der Waals surface area contributed by atoms with Crippen LogP contribution in [0.1, 0.15) is 18.4 Å². The number of carboxylic acids is 1. The Morgan fingerprint density at radius 1 is 1.30 bits per heavy atom. The van der Waals surface area contributed by atoms with E-state index in [0.717, 1.165) is 17.7 Å². The molecule has 0 aliphatic carbocycles. The number of aliphatic carboxylic acids is 1. The second-order valence-corrected chi connectivity index (χ2v) is 5.38. The van der Waals surface area contributed by atoms with Crippen molar-refractivity contribution in [1.82, 2.24) is 4.90 Å². The summed E-state index contributed by atoms with van der Waals surface area (Å²) < 4.78 is 5.68. The molecule has 0 spiro atoms. The van der Waals surface area contributed by atoms with Crippen LogP contribution in [0, 0.1) is 5.92 Å². The maximum atomic E-state index is 12.4. The summed E-state index contributed by atoms with van der Waals surface area (Å²) in [6.07, 6.45) is 1.45. The first kappa shape index (κ1) is 13.0. The van der Waals surface area contributed by atoms with E-state index in [1.54, 1.807) is 4.90 Å². The van der Waals surface area contributed by atoms with Gasteiger partial charge < -0.3 is 14.7 Å². The number of nitrogens with zero attached hydrogens (tertiary/aromatic N) is 1. The highest BCUT2D eigenvalue weighted by atomic mass is 16.5. The Morgan fingerprint density at radius 2 is 2.10 bits per heavy atom. The van der Waals surface area contributed by atoms with Crippen LogP contribution in [0.5, 0.6) is 5.75 Å². The number of carboxylic acid groups (broad SMARTS) is 1. The number of hydrogen-bond acceptors (Lipinski definition) is 3. The summed E-state index contributed by atoms with van der Waals surface area (Å²) in [6, 6.07) is 7.63. The fraction of sp³-hybridized carbons (Fsp3) is 0.467. The molecule has 1 saturated heterocycles. The molecule has 2 aliphatic heterocycles. The molecule has 20 heavy (non-hydrogen) atoms. The molecule has 2 aliphatic rings. The van der Waals surface area contributed by atoms with Gasteiger partial charge in [0.15, 0.2) is 6.10 Å². The monoisotopic (exact) mass is 275 g/mol. The van der Waals surface area contributed by atoms with Gasteiger partial charge in [0, 0.05) is 19.5 Å². The number of piperidine rings is 1. The molecule has 3 rings (SSSR count). The lowest BCUT2D eigenvalue weighted by atomic mass is 9.97. The fourth-order valence-electron chi connectivity index (χ4n) is 2.90. The fourth-order valence-corrected chi connectivity index (χ4v) is 2.90. The largest absolute Gasteiger partial charge is 0.481 e. The van der Waals surface area contributed by atoms with Gasteiger partial charge in [-0.15, -0.1) is 0 Å². The molecule has 2 heterocycles. The van der Waals surface area contributed by atoms with E-state index < -0.39 is 18.0 Å². The highest BCUT2D eigenvalue weighted by Crippen LogP contribution is 2.29. The third-order valence-electron chi connectivity index (χ3n) is 4.00. The van der Waals surface area contributed by atoms with Crippen LogP contribution in [0.4, 0.5) is 0 Å². The molecule has 0 radical (unpaired) electrons. The summed E-state index contributed by atoms with van der Waals surface area (Å²) in [5, 5.41) is 9.08. The average molecular weight is 275 g/mol. The Kier molecular flexibility index (Phi) is 3.34. The Labute approximate surface area is 117 Å². The van der Waals surface area contributed by atoms with Gasteiger partial charge in [-0.1, -0.05) is 18.2 Å². The molecular formula is C15H17NO4. The first-order valence-electron chi connectivity index (χ1n) is 6.91. The molecule has 2 atom stereocenters. The molecule has 1 amide bonds. The summed E-state index contributed by atoms with van der Waals surface area (Å²) in [5.41, 5.74) is 1.04. The summed E-state index contributed by atoms with van der Waals surface area (Å²) in [5.74, 6) is -0.598. The number of amides is 1. The summed E-state index contributed by atoms with van der Waals surface area (Å²) in [4.78, 5) is 25.1. The van der Waals surface area contributed by atoms with E-state index in [-0.39, 0.29) is 5.91 Å². The van der Waals surface area contributed by atoms with E-state index in [4.69, 9.17) is 9.84 Å². The number of hydrogen-bond donors (Lipinski definition) is 1. The van der Waals surface area contributed by atoms with Crippen LogP contribution < -0.4 is 4.74 Å². The van der Waals surface area contributed by atoms with Crippen LogP contribution in [-0.4, -0.2) is 41.1 Å². The lowest BCUT2D eigenvalue weighted by molar-refractivity contribution is -0.147. The first-order valence-corrected chi connectivity index (χ1v) is 6.91. The van der Waals surface area contributed by atoms with Gasteiger partial charge >= 0.3 is 5.97 Å². The minimum Gasteiger partial charge on any atom is -0.481 e. The van der Waals surface area contributed by atoms with Gasteiger partial charge in [-0.3, -0.25) is 9.59 Å². The normalized spacial score (nSPS) is 24.9. The number of likely N-dealkylation sites (tertiary alicyclic amines) is 1. The van der Waals surface area contributed by atoms with E-state index in [1.807, 2.05) is 24.3 Å². The molecule has 1 aromatic rings. The molecule has 5 heteroatoms. The minimum absolute atomic E-state index is 0.0906. The van der Waals surface area contributed by atoms with Crippen LogP contribution in [0.3, 0.4) is 0 Å². The number of carbonyl (C=O) groups is 2. The quantitative estimate of drug-likeness (QED) is 0.883. The smallest absolute Gasteiger partial charge is 0.308 e. The minimum atomic E-state index is -0.821. The first-order chi connectivity index (χ1) is 9.65. The van der Waals surface area contributed by atoms with E-state index >= 15 is 0 Å². The van der Waals surface area contributed by atoms with Crippen molar-refractivity contribution in [2.24, 2.45) is 5.92 Å². The molecular weight excluding hydrogens is 258 g/mol. The number of ether oxygens (including phenoxy) is 1. The molecule has 1 N–H and O–H groups in total. The van der Waals surface area contributed by atoms with Gasteiger partial charge in [0.05, 0.1) is 5.92 Å². The topological polar surface area (TPSA) is 66.8 Å². The van der Waals surface area contributed by atoms with E-state index in [9.17, 15) is 9.59 Å². The zero-order valence-electron chi connectivity index (χ0n) is 11.1. The van der Waals surface area contributed by atoms with E-state index in [2.05, 4.69) is 0 Å². The van der Waals surface area contributed by atoms with Crippen molar-refractivity contribution in [3.05, 3.63) is 29.8 Å². The Bertz CT molecular complexity index is 517. The summed E-state index contributed by atoms with van der Waals surface area (Å²) >= 11 is 0. The highest BCUT2D eigenvalue weighted by molar-refractivity contribution is 5.83. The predicted molar refractivity (Wildman–Crippen MR) is 71.5 cm³/mol. The summed E-state index contributed by atoms with van der Waals surface area (Å²) in [6.45, 7) is 0.920. The molecule has 0 bridgehead atoms. The van der Waals surface area contributed by atoms with Crippen molar-refractivity contribution < 1.29 is 19.4 Å². The molecule has 1 fully saturated rings. The zero-order valence-corrected chi connectivity index (χ0v) is 11.1. The van der Waals surface area contributed by atoms with Gasteiger partial charge in [-0.2, -0.15) is 0 Å².